The molecule has 3 aromatic rings. The fourth-order valence-corrected chi connectivity index (χ4v) is 4.57. The number of rotatable bonds is 7. The Morgan fingerprint density at radius 1 is 0.892 bits per heavy atom. The van der Waals surface area contributed by atoms with Crippen LogP contribution in [0.2, 0.25) is 0 Å². The highest BCUT2D eigenvalue weighted by Gasteiger charge is 2.26. The van der Waals surface area contributed by atoms with E-state index in [9.17, 15) is 14.0 Å². The van der Waals surface area contributed by atoms with Gasteiger partial charge in [-0.1, -0.05) is 10.3 Å². The summed E-state index contributed by atoms with van der Waals surface area (Å²) in [6.45, 7) is 4.59. The van der Waals surface area contributed by atoms with Crippen molar-refractivity contribution in [2.75, 3.05) is 39.3 Å². The van der Waals surface area contributed by atoms with Gasteiger partial charge in [0, 0.05) is 63.7 Å². The fraction of sp³-hybridized carbons (Fsp3) is 0.480. The molecule has 37 heavy (non-hydrogen) atoms. The van der Waals surface area contributed by atoms with Gasteiger partial charge in [0.1, 0.15) is 5.82 Å². The Morgan fingerprint density at radius 2 is 1.62 bits per heavy atom. The molecule has 0 bridgehead atoms. The minimum absolute atomic E-state index is 0. The van der Waals surface area contributed by atoms with Crippen LogP contribution in [0.1, 0.15) is 47.9 Å². The van der Waals surface area contributed by atoms with Crippen molar-refractivity contribution in [2.24, 2.45) is 0 Å². The summed E-state index contributed by atoms with van der Waals surface area (Å²) in [5.74, 6) is 1.08. The Kier molecular flexibility index (Phi) is 8.88. The average Bonchev–Trinajstić information content (AvgIpc) is 3.58. The van der Waals surface area contributed by atoms with Gasteiger partial charge in [-0.25, -0.2) is 4.39 Å². The SMILES string of the molecule is Cl.O=C(CCc1nc(CN2CCN(C(=O)c3cc(-c4ccc(F)cc4)on3)CC2)no1)N1CCCCC1. The first-order valence-corrected chi connectivity index (χ1v) is 12.4. The Bertz CT molecular complexity index is 1190. The van der Waals surface area contributed by atoms with Crippen LogP contribution in [-0.4, -0.2) is 81.1 Å². The summed E-state index contributed by atoms with van der Waals surface area (Å²) in [4.78, 5) is 35.5. The van der Waals surface area contributed by atoms with Crippen LogP contribution in [0.15, 0.2) is 39.4 Å². The van der Waals surface area contributed by atoms with Crippen molar-refractivity contribution < 1.29 is 23.0 Å². The van der Waals surface area contributed by atoms with Crippen LogP contribution < -0.4 is 0 Å². The molecule has 10 nitrogen and oxygen atoms in total. The molecule has 0 N–H and O–H groups in total. The van der Waals surface area contributed by atoms with Gasteiger partial charge in [-0.05, 0) is 43.5 Å². The number of piperidine rings is 1. The minimum Gasteiger partial charge on any atom is -0.355 e. The van der Waals surface area contributed by atoms with Crippen LogP contribution in [0.25, 0.3) is 11.3 Å². The highest BCUT2D eigenvalue weighted by Crippen LogP contribution is 2.22. The van der Waals surface area contributed by atoms with Crippen molar-refractivity contribution in [3.05, 3.63) is 53.6 Å². The first-order chi connectivity index (χ1) is 17.5. The van der Waals surface area contributed by atoms with Gasteiger partial charge in [0.25, 0.3) is 5.91 Å². The van der Waals surface area contributed by atoms with Gasteiger partial charge in [-0.15, -0.1) is 12.4 Å². The number of aryl methyl sites for hydroxylation is 1. The third-order valence-corrected chi connectivity index (χ3v) is 6.65. The Morgan fingerprint density at radius 3 is 2.35 bits per heavy atom. The molecule has 1 aromatic carbocycles. The Balaban J connectivity index is 0.00000320. The summed E-state index contributed by atoms with van der Waals surface area (Å²) >= 11 is 0. The van der Waals surface area contributed by atoms with Gasteiger partial charge >= 0.3 is 0 Å². The number of carbonyl (C=O) groups is 2. The van der Waals surface area contributed by atoms with Crippen LogP contribution >= 0.6 is 12.4 Å². The number of amides is 2. The number of benzene rings is 1. The zero-order valence-electron chi connectivity index (χ0n) is 20.5. The molecule has 4 heterocycles. The molecule has 0 spiro atoms. The van der Waals surface area contributed by atoms with Crippen LogP contribution in [0.5, 0.6) is 0 Å². The number of nitrogens with zero attached hydrogens (tertiary/aromatic N) is 6. The van der Waals surface area contributed by atoms with Crippen LogP contribution in [0.4, 0.5) is 4.39 Å². The van der Waals surface area contributed by atoms with E-state index in [4.69, 9.17) is 9.05 Å². The minimum atomic E-state index is -0.340. The maximum absolute atomic E-state index is 13.1. The maximum atomic E-state index is 13.1. The molecule has 0 unspecified atom stereocenters. The lowest BCUT2D eigenvalue weighted by atomic mass is 10.1. The molecule has 2 aliphatic rings. The zero-order valence-corrected chi connectivity index (χ0v) is 21.3. The van der Waals surface area contributed by atoms with Gasteiger partial charge in [0.15, 0.2) is 17.3 Å². The summed E-state index contributed by atoms with van der Waals surface area (Å²) < 4.78 is 23.8. The predicted molar refractivity (Wildman–Crippen MR) is 133 cm³/mol. The number of halogens is 2. The summed E-state index contributed by atoms with van der Waals surface area (Å²) in [5.41, 5.74) is 0.882. The first kappa shape index (κ1) is 26.7. The normalized spacial score (nSPS) is 16.5. The zero-order chi connectivity index (χ0) is 24.9. The highest BCUT2D eigenvalue weighted by molar-refractivity contribution is 5.93. The lowest BCUT2D eigenvalue weighted by molar-refractivity contribution is -0.132. The second-order valence-corrected chi connectivity index (χ2v) is 9.20. The third-order valence-electron chi connectivity index (χ3n) is 6.65. The summed E-state index contributed by atoms with van der Waals surface area (Å²) in [6.07, 6.45) is 4.17. The van der Waals surface area contributed by atoms with E-state index in [-0.39, 0.29) is 35.7 Å². The van der Waals surface area contributed by atoms with E-state index in [0.717, 1.165) is 25.9 Å². The third kappa shape index (κ3) is 6.72. The van der Waals surface area contributed by atoms with Gasteiger partial charge in [-0.3, -0.25) is 14.5 Å². The quantitative estimate of drug-likeness (QED) is 0.456. The van der Waals surface area contributed by atoms with Crippen molar-refractivity contribution >= 4 is 24.2 Å². The summed E-state index contributed by atoms with van der Waals surface area (Å²) in [6, 6.07) is 7.41. The molecule has 2 saturated heterocycles. The second kappa shape index (κ2) is 12.3. The van der Waals surface area contributed by atoms with Gasteiger partial charge < -0.3 is 18.8 Å². The van der Waals surface area contributed by atoms with Crippen LogP contribution in [0, 0.1) is 5.82 Å². The number of piperazine rings is 1. The molecule has 2 fully saturated rings. The van der Waals surface area contributed by atoms with Crippen molar-refractivity contribution in [1.29, 1.82) is 0 Å². The molecule has 2 aliphatic heterocycles. The average molecular weight is 533 g/mol. The highest BCUT2D eigenvalue weighted by atomic mass is 35.5. The molecule has 2 aromatic heterocycles. The fourth-order valence-electron chi connectivity index (χ4n) is 4.57. The van der Waals surface area contributed by atoms with Gasteiger partial charge in [0.05, 0.1) is 6.54 Å². The topological polar surface area (TPSA) is 109 Å². The lowest BCUT2D eigenvalue weighted by Crippen LogP contribution is -2.48. The van der Waals surface area contributed by atoms with E-state index in [2.05, 4.69) is 20.2 Å². The smallest absolute Gasteiger partial charge is 0.276 e. The summed E-state index contributed by atoms with van der Waals surface area (Å²) in [5, 5.41) is 7.97. The first-order valence-electron chi connectivity index (χ1n) is 12.4. The molecule has 0 atom stereocenters. The predicted octanol–water partition coefficient (Wildman–Crippen LogP) is 3.19. The largest absolute Gasteiger partial charge is 0.355 e. The van der Waals surface area contributed by atoms with Crippen molar-refractivity contribution in [1.82, 2.24) is 30.0 Å². The molecule has 12 heteroatoms. The van der Waals surface area contributed by atoms with E-state index >= 15 is 0 Å². The monoisotopic (exact) mass is 532 g/mol. The van der Waals surface area contributed by atoms with E-state index in [1.54, 1.807) is 23.1 Å². The molecule has 5 rings (SSSR count). The van der Waals surface area contributed by atoms with E-state index in [0.29, 0.717) is 68.6 Å². The molecule has 198 valence electrons. The van der Waals surface area contributed by atoms with Crippen LogP contribution in [0.3, 0.4) is 0 Å². The maximum Gasteiger partial charge on any atom is 0.276 e. The van der Waals surface area contributed by atoms with Gasteiger partial charge in [0.2, 0.25) is 11.8 Å². The van der Waals surface area contributed by atoms with E-state index in [1.165, 1.54) is 18.6 Å². The van der Waals surface area contributed by atoms with Crippen molar-refractivity contribution in [2.45, 2.75) is 38.6 Å². The summed E-state index contributed by atoms with van der Waals surface area (Å²) in [7, 11) is 0. The van der Waals surface area contributed by atoms with E-state index < -0.39 is 0 Å². The molecule has 0 aliphatic carbocycles. The second-order valence-electron chi connectivity index (χ2n) is 9.20. The number of hydrogen-bond donors (Lipinski definition) is 0. The molecular formula is C25H30ClFN6O4. The van der Waals surface area contributed by atoms with E-state index in [1.807, 2.05) is 4.90 Å². The molecule has 0 saturated carbocycles. The Labute approximate surface area is 220 Å². The molecule has 0 radical (unpaired) electrons. The molecule has 2 amide bonds. The Hall–Kier alpha value is -3.31. The lowest BCUT2D eigenvalue weighted by Gasteiger charge is -2.33. The number of carbonyl (C=O) groups excluding carboxylic acids is 2. The molecular weight excluding hydrogens is 503 g/mol. The van der Waals surface area contributed by atoms with Gasteiger partial charge in [-0.2, -0.15) is 4.98 Å². The van der Waals surface area contributed by atoms with Crippen LogP contribution in [-0.2, 0) is 17.8 Å². The standard InChI is InChI=1S/C25H29FN6O4.ClH/c26-19-6-4-18(5-7-19)21-16-20(28-35-21)25(34)32-14-12-30(13-15-32)17-22-27-23(36-29-22)8-9-24(33)31-10-2-1-3-11-31;/h4-7,16H,1-3,8-15,17H2;1H. The van der Waals surface area contributed by atoms with Crippen molar-refractivity contribution in [3.63, 3.8) is 0 Å². The van der Waals surface area contributed by atoms with Crippen molar-refractivity contribution in [3.8, 4) is 11.3 Å². The number of aromatic nitrogens is 3. The number of likely N-dealkylation sites (tertiary alicyclic amines) is 1. The number of hydrogen-bond acceptors (Lipinski definition) is 8.